The van der Waals surface area contributed by atoms with Crippen LogP contribution in [-0.2, 0) is 14.8 Å². The number of halogens is 1. The maximum atomic E-state index is 13.2. The van der Waals surface area contributed by atoms with E-state index in [-0.39, 0.29) is 10.5 Å². The van der Waals surface area contributed by atoms with E-state index in [0.29, 0.717) is 23.7 Å². The highest BCUT2D eigenvalue weighted by Gasteiger charge is 2.28. The fourth-order valence-corrected chi connectivity index (χ4v) is 6.76. The summed E-state index contributed by atoms with van der Waals surface area (Å²) < 4.78 is 33.8. The second-order valence-electron chi connectivity index (χ2n) is 12.4. The molecule has 0 aliphatic carbocycles. The van der Waals surface area contributed by atoms with Crippen molar-refractivity contribution >= 4 is 44.7 Å². The number of Topliss-reactive ketones (excluding diaryl/α,β-unsaturated/α-hetero) is 1. The van der Waals surface area contributed by atoms with Crippen LogP contribution in [0.25, 0.3) is 0 Å². The van der Waals surface area contributed by atoms with E-state index in [4.69, 9.17) is 16.3 Å². The lowest BCUT2D eigenvalue weighted by Gasteiger charge is -2.14. The number of hydrogen-bond acceptors (Lipinski definition) is 5. The summed E-state index contributed by atoms with van der Waals surface area (Å²) in [6, 6.07) is 21.0. The molecule has 9 heteroatoms. The SMILES string of the molecule is CCCCCCCCCCCCCCCCCCOc1ccccc1C(=O)C(Cl)C(=O)Nc1ccc(S(=O)(=O)Nc2ccccc2)cc1. The van der Waals surface area contributed by atoms with Gasteiger partial charge in [-0.25, -0.2) is 8.42 Å². The van der Waals surface area contributed by atoms with E-state index in [1.54, 1.807) is 54.6 Å². The lowest BCUT2D eigenvalue weighted by atomic mass is 10.0. The quantitative estimate of drug-likeness (QED) is 0.0397. The molecule has 0 heterocycles. The zero-order chi connectivity index (χ0) is 34.5. The van der Waals surface area contributed by atoms with Gasteiger partial charge in [0.2, 0.25) is 5.91 Å². The average Bonchev–Trinajstić information content (AvgIpc) is 3.09. The summed E-state index contributed by atoms with van der Waals surface area (Å²) in [7, 11) is -3.81. The molecule has 1 amide bonds. The first-order valence-electron chi connectivity index (χ1n) is 17.7. The van der Waals surface area contributed by atoms with Crippen molar-refractivity contribution in [1.82, 2.24) is 0 Å². The molecular weight excluding hydrogens is 644 g/mol. The first-order chi connectivity index (χ1) is 23.3. The standard InChI is InChI=1S/C39H53ClN2O5S/c1-2-3-4-5-6-7-8-9-10-11-12-13-14-15-16-22-31-47-36-26-21-20-25-35(36)38(43)37(40)39(44)41-32-27-29-34(30-28-32)48(45,46)42-33-23-18-17-19-24-33/h17-21,23-30,37,42H,2-16,22,31H2,1H3,(H,41,44). The topological polar surface area (TPSA) is 102 Å². The van der Waals surface area contributed by atoms with Crippen LogP contribution >= 0.6 is 11.6 Å². The molecule has 0 aliphatic heterocycles. The molecule has 7 nitrogen and oxygen atoms in total. The van der Waals surface area contributed by atoms with Gasteiger partial charge < -0.3 is 10.1 Å². The van der Waals surface area contributed by atoms with Gasteiger partial charge in [-0.15, -0.1) is 11.6 Å². The van der Waals surface area contributed by atoms with Crippen molar-refractivity contribution in [1.29, 1.82) is 0 Å². The number of anilines is 2. The Bertz CT molecular complexity index is 1470. The molecule has 1 unspecified atom stereocenters. The van der Waals surface area contributed by atoms with Crippen LogP contribution in [-0.4, -0.2) is 32.1 Å². The van der Waals surface area contributed by atoms with Gasteiger partial charge in [-0.1, -0.05) is 134 Å². The Hall–Kier alpha value is -3.36. The first-order valence-corrected chi connectivity index (χ1v) is 19.6. The molecule has 3 aromatic carbocycles. The highest BCUT2D eigenvalue weighted by atomic mass is 35.5. The van der Waals surface area contributed by atoms with E-state index in [1.165, 1.54) is 114 Å². The number of carbonyl (C=O) groups excluding carboxylic acids is 2. The van der Waals surface area contributed by atoms with Gasteiger partial charge in [-0.3, -0.25) is 14.3 Å². The molecule has 262 valence electrons. The average molecular weight is 697 g/mol. The highest BCUT2D eigenvalue weighted by molar-refractivity contribution is 7.92. The van der Waals surface area contributed by atoms with E-state index in [9.17, 15) is 18.0 Å². The number of alkyl halides is 1. The van der Waals surface area contributed by atoms with Crippen LogP contribution in [0.2, 0.25) is 0 Å². The Morgan fingerprint density at radius 3 is 1.71 bits per heavy atom. The summed E-state index contributed by atoms with van der Waals surface area (Å²) in [5.74, 6) is -0.877. The van der Waals surface area contributed by atoms with Gasteiger partial charge in [0.15, 0.2) is 11.2 Å². The van der Waals surface area contributed by atoms with Crippen LogP contribution in [0.5, 0.6) is 5.75 Å². The molecule has 1 atom stereocenters. The third-order valence-corrected chi connectivity index (χ3v) is 10.1. The molecule has 0 spiro atoms. The Kier molecular flexibility index (Phi) is 18.2. The van der Waals surface area contributed by atoms with Crippen molar-refractivity contribution in [3.63, 3.8) is 0 Å². The number of nitrogens with one attached hydrogen (secondary N) is 2. The minimum Gasteiger partial charge on any atom is -0.493 e. The van der Waals surface area contributed by atoms with Crippen LogP contribution < -0.4 is 14.8 Å². The molecule has 0 fully saturated rings. The van der Waals surface area contributed by atoms with Gasteiger partial charge in [-0.2, -0.15) is 0 Å². The zero-order valence-electron chi connectivity index (χ0n) is 28.4. The molecule has 0 saturated heterocycles. The maximum absolute atomic E-state index is 13.2. The Balaban J connectivity index is 1.33. The van der Waals surface area contributed by atoms with Gasteiger partial charge in [0.1, 0.15) is 5.75 Å². The van der Waals surface area contributed by atoms with E-state index in [2.05, 4.69) is 17.0 Å². The molecule has 48 heavy (non-hydrogen) atoms. The van der Waals surface area contributed by atoms with Crippen LogP contribution in [0.1, 0.15) is 120 Å². The summed E-state index contributed by atoms with van der Waals surface area (Å²) in [6.07, 6.45) is 20.7. The number of amides is 1. The van der Waals surface area contributed by atoms with E-state index in [0.717, 1.165) is 12.8 Å². The number of rotatable bonds is 25. The number of ketones is 1. The van der Waals surface area contributed by atoms with Gasteiger partial charge in [0.25, 0.3) is 10.0 Å². The van der Waals surface area contributed by atoms with Crippen LogP contribution in [0.3, 0.4) is 0 Å². The van der Waals surface area contributed by atoms with Gasteiger partial charge in [-0.05, 0) is 55.0 Å². The monoisotopic (exact) mass is 696 g/mol. The van der Waals surface area contributed by atoms with Crippen molar-refractivity contribution in [2.45, 2.75) is 120 Å². The third kappa shape index (κ3) is 14.4. The van der Waals surface area contributed by atoms with Crippen molar-refractivity contribution < 1.29 is 22.7 Å². The van der Waals surface area contributed by atoms with E-state index in [1.807, 2.05) is 0 Å². The number of sulfonamides is 1. The highest BCUT2D eigenvalue weighted by Crippen LogP contribution is 2.24. The number of benzene rings is 3. The zero-order valence-corrected chi connectivity index (χ0v) is 30.0. The fourth-order valence-electron chi connectivity index (χ4n) is 5.53. The maximum Gasteiger partial charge on any atom is 0.261 e. The molecule has 0 radical (unpaired) electrons. The largest absolute Gasteiger partial charge is 0.493 e. The summed E-state index contributed by atoms with van der Waals surface area (Å²) >= 11 is 6.32. The smallest absolute Gasteiger partial charge is 0.261 e. The number of ether oxygens (including phenoxy) is 1. The number of unbranched alkanes of at least 4 members (excludes halogenated alkanes) is 15. The second kappa shape index (κ2) is 22.3. The van der Waals surface area contributed by atoms with Crippen molar-refractivity contribution in [3.05, 3.63) is 84.4 Å². The summed E-state index contributed by atoms with van der Waals surface area (Å²) in [5.41, 5.74) is 0.996. The second-order valence-corrected chi connectivity index (χ2v) is 14.5. The molecule has 3 rings (SSSR count). The van der Waals surface area contributed by atoms with E-state index >= 15 is 0 Å². The number of carbonyl (C=O) groups is 2. The minimum absolute atomic E-state index is 0.0262. The molecule has 0 bridgehead atoms. The normalized spacial score (nSPS) is 12.0. The predicted molar refractivity (Wildman–Crippen MR) is 198 cm³/mol. The van der Waals surface area contributed by atoms with Gasteiger partial charge in [0, 0.05) is 11.4 Å². The lowest BCUT2D eigenvalue weighted by Crippen LogP contribution is -2.31. The van der Waals surface area contributed by atoms with Gasteiger partial charge in [0.05, 0.1) is 17.1 Å². The summed E-state index contributed by atoms with van der Waals surface area (Å²) in [6.45, 7) is 2.75. The predicted octanol–water partition coefficient (Wildman–Crippen LogP) is 10.6. The summed E-state index contributed by atoms with van der Waals surface area (Å²) in [4.78, 5) is 26.1. The van der Waals surface area contributed by atoms with Crippen LogP contribution in [0.4, 0.5) is 11.4 Å². The van der Waals surface area contributed by atoms with Crippen molar-refractivity contribution in [2.24, 2.45) is 0 Å². The van der Waals surface area contributed by atoms with E-state index < -0.39 is 27.1 Å². The fraction of sp³-hybridized carbons (Fsp3) is 0.487. The first kappa shape index (κ1) is 39.1. The minimum atomic E-state index is -3.81. The molecule has 0 saturated carbocycles. The van der Waals surface area contributed by atoms with Crippen LogP contribution in [0, 0.1) is 0 Å². The molecule has 2 N–H and O–H groups in total. The van der Waals surface area contributed by atoms with Crippen molar-refractivity contribution in [3.8, 4) is 5.75 Å². The lowest BCUT2D eigenvalue weighted by molar-refractivity contribution is -0.115. The molecular formula is C39H53ClN2O5S. The Labute approximate surface area is 293 Å². The third-order valence-electron chi connectivity index (χ3n) is 8.33. The van der Waals surface area contributed by atoms with Gasteiger partial charge >= 0.3 is 0 Å². The molecule has 0 aliphatic rings. The molecule has 0 aromatic heterocycles. The molecule has 3 aromatic rings. The Morgan fingerprint density at radius 1 is 0.646 bits per heavy atom. The van der Waals surface area contributed by atoms with Crippen LogP contribution in [0.15, 0.2) is 83.8 Å². The number of para-hydroxylation sites is 2. The van der Waals surface area contributed by atoms with Crippen molar-refractivity contribution in [2.75, 3.05) is 16.6 Å². The number of hydrogen-bond donors (Lipinski definition) is 2. The summed E-state index contributed by atoms with van der Waals surface area (Å²) in [5, 5.41) is 1.10. The Morgan fingerprint density at radius 2 is 1.15 bits per heavy atom.